The van der Waals surface area contributed by atoms with Crippen molar-refractivity contribution in [2.45, 2.75) is 0 Å². The van der Waals surface area contributed by atoms with Gasteiger partial charge < -0.3 is 0 Å². The van der Waals surface area contributed by atoms with E-state index >= 15 is 0 Å². The average Bonchev–Trinajstić information content (AvgIpc) is 2.87. The van der Waals surface area contributed by atoms with Crippen LogP contribution >= 0.6 is 0 Å². The minimum Gasteiger partial charge on any atom is -0.295 e. The predicted octanol–water partition coefficient (Wildman–Crippen LogP) is 1.64. The third-order valence-electron chi connectivity index (χ3n) is 2.52. The van der Waals surface area contributed by atoms with Crippen molar-refractivity contribution in [2.24, 2.45) is 0 Å². The first-order valence-electron chi connectivity index (χ1n) is 5.24. The van der Waals surface area contributed by atoms with E-state index in [0.717, 1.165) is 5.06 Å². The first-order valence-corrected chi connectivity index (χ1v) is 5.24. The normalized spacial score (nSPS) is 10.4. The van der Waals surface area contributed by atoms with Gasteiger partial charge in [-0.3, -0.25) is 14.2 Å². The van der Waals surface area contributed by atoms with E-state index in [1.165, 1.54) is 38.8 Å². The van der Waals surface area contributed by atoms with Gasteiger partial charge in [-0.2, -0.15) is 0 Å². The number of rotatable bonds is 3. The lowest BCUT2D eigenvalue weighted by Gasteiger charge is -2.14. The number of carbonyl (C=O) groups is 1. The summed E-state index contributed by atoms with van der Waals surface area (Å²) in [7, 11) is 2.90. The van der Waals surface area contributed by atoms with Crippen LogP contribution in [-0.2, 0) is 4.84 Å². The molecule has 0 aliphatic carbocycles. The van der Waals surface area contributed by atoms with Crippen LogP contribution < -0.4 is 0 Å². The lowest BCUT2D eigenvalue weighted by Crippen LogP contribution is -2.27. The van der Waals surface area contributed by atoms with E-state index in [0.29, 0.717) is 11.4 Å². The molecule has 0 atom stereocenters. The fourth-order valence-corrected chi connectivity index (χ4v) is 1.50. The molecule has 1 heterocycles. The molecule has 0 unspecified atom stereocenters. The van der Waals surface area contributed by atoms with Crippen LogP contribution in [0, 0.1) is 5.82 Å². The van der Waals surface area contributed by atoms with E-state index in [-0.39, 0.29) is 11.7 Å². The minimum absolute atomic E-state index is 0.333. The predicted molar refractivity (Wildman–Crippen MR) is 62.6 cm³/mol. The summed E-state index contributed by atoms with van der Waals surface area (Å²) in [6.07, 6.45) is 2.92. The van der Waals surface area contributed by atoms with Crippen LogP contribution in [0.15, 0.2) is 36.8 Å². The molecule has 2 aromatic rings. The van der Waals surface area contributed by atoms with Crippen molar-refractivity contribution in [3.63, 3.8) is 0 Å². The summed E-state index contributed by atoms with van der Waals surface area (Å²) in [5, 5.41) is 1.09. The molecule has 1 aromatic heterocycles. The van der Waals surface area contributed by atoms with Crippen LogP contribution in [0.2, 0.25) is 0 Å². The maximum Gasteiger partial charge on any atom is 0.295 e. The Morgan fingerprint density at radius 2 is 2.06 bits per heavy atom. The molecule has 18 heavy (non-hydrogen) atoms. The van der Waals surface area contributed by atoms with Crippen molar-refractivity contribution < 1.29 is 14.0 Å². The summed E-state index contributed by atoms with van der Waals surface area (Å²) >= 11 is 0. The van der Waals surface area contributed by atoms with Gasteiger partial charge >= 0.3 is 0 Å². The second-order valence-corrected chi connectivity index (χ2v) is 3.61. The number of nitrogens with zero attached hydrogens (tertiary/aromatic N) is 3. The van der Waals surface area contributed by atoms with Crippen molar-refractivity contribution in [1.82, 2.24) is 14.6 Å². The molecule has 0 aliphatic heterocycles. The number of hydrogen-bond donors (Lipinski definition) is 0. The van der Waals surface area contributed by atoms with Crippen LogP contribution in [0.1, 0.15) is 10.5 Å². The molecule has 5 nitrogen and oxygen atoms in total. The quantitative estimate of drug-likeness (QED) is 0.777. The highest BCUT2D eigenvalue weighted by atomic mass is 19.1. The molecule has 0 N–H and O–H groups in total. The molecule has 1 aromatic carbocycles. The van der Waals surface area contributed by atoms with E-state index in [2.05, 4.69) is 4.98 Å². The molecule has 6 heteroatoms. The second kappa shape index (κ2) is 4.97. The van der Waals surface area contributed by atoms with Crippen LogP contribution in [-0.4, -0.2) is 34.7 Å². The van der Waals surface area contributed by atoms with Crippen molar-refractivity contribution >= 4 is 5.91 Å². The standard InChI is InChI=1S/C12H12FN3O2/c1-15(18-2)12(17)11-7-14-8-16(11)10-5-3-9(13)4-6-10/h3-8H,1-2H3. The van der Waals surface area contributed by atoms with Gasteiger partial charge in [0.25, 0.3) is 5.91 Å². The van der Waals surface area contributed by atoms with Gasteiger partial charge in [0.05, 0.1) is 19.6 Å². The SMILES string of the molecule is CON(C)C(=O)c1cncn1-c1ccc(F)cc1. The molecular formula is C12H12FN3O2. The summed E-state index contributed by atoms with van der Waals surface area (Å²) < 4.78 is 14.4. The molecule has 1 amide bonds. The zero-order valence-corrected chi connectivity index (χ0v) is 10.0. The number of aromatic nitrogens is 2. The highest BCUT2D eigenvalue weighted by Crippen LogP contribution is 2.13. The van der Waals surface area contributed by atoms with E-state index in [9.17, 15) is 9.18 Å². The first kappa shape index (κ1) is 12.3. The number of hydroxylamine groups is 2. The Balaban J connectivity index is 2.39. The maximum atomic E-state index is 12.9. The Morgan fingerprint density at radius 3 is 2.67 bits per heavy atom. The highest BCUT2D eigenvalue weighted by molar-refractivity contribution is 5.92. The maximum absolute atomic E-state index is 12.9. The Labute approximate surface area is 103 Å². The Kier molecular flexibility index (Phi) is 3.38. The van der Waals surface area contributed by atoms with E-state index in [1.807, 2.05) is 0 Å². The Hall–Kier alpha value is -2.21. The zero-order valence-electron chi connectivity index (χ0n) is 10.0. The summed E-state index contributed by atoms with van der Waals surface area (Å²) in [5.74, 6) is -0.667. The minimum atomic E-state index is -0.334. The smallest absolute Gasteiger partial charge is 0.295 e. The number of halogens is 1. The van der Waals surface area contributed by atoms with E-state index < -0.39 is 0 Å². The van der Waals surface area contributed by atoms with Gasteiger partial charge in [-0.05, 0) is 24.3 Å². The van der Waals surface area contributed by atoms with Gasteiger partial charge in [-0.1, -0.05) is 0 Å². The number of imidazole rings is 1. The lowest BCUT2D eigenvalue weighted by atomic mass is 10.3. The average molecular weight is 249 g/mol. The van der Waals surface area contributed by atoms with Crippen molar-refractivity contribution in [3.8, 4) is 5.69 Å². The monoisotopic (exact) mass is 249 g/mol. The van der Waals surface area contributed by atoms with Gasteiger partial charge in [0.15, 0.2) is 0 Å². The summed E-state index contributed by atoms with van der Waals surface area (Å²) in [6, 6.07) is 5.79. The van der Waals surface area contributed by atoms with Gasteiger partial charge in [0.1, 0.15) is 11.5 Å². The lowest BCUT2D eigenvalue weighted by molar-refractivity contribution is -0.0761. The fourth-order valence-electron chi connectivity index (χ4n) is 1.50. The molecule has 0 aliphatic rings. The molecule has 94 valence electrons. The summed E-state index contributed by atoms with van der Waals surface area (Å²) in [5.41, 5.74) is 0.993. The molecule has 0 fully saturated rings. The van der Waals surface area contributed by atoms with Gasteiger partial charge in [-0.15, -0.1) is 0 Å². The summed E-state index contributed by atoms with van der Waals surface area (Å²) in [6.45, 7) is 0. The molecule has 0 radical (unpaired) electrons. The topological polar surface area (TPSA) is 47.4 Å². The molecule has 0 saturated heterocycles. The third kappa shape index (κ3) is 2.23. The molecular weight excluding hydrogens is 237 g/mol. The van der Waals surface area contributed by atoms with Gasteiger partial charge in [-0.25, -0.2) is 14.4 Å². The highest BCUT2D eigenvalue weighted by Gasteiger charge is 2.17. The van der Waals surface area contributed by atoms with Crippen molar-refractivity contribution in [2.75, 3.05) is 14.2 Å². The van der Waals surface area contributed by atoms with Crippen LogP contribution in [0.4, 0.5) is 4.39 Å². The molecule has 0 spiro atoms. The van der Waals surface area contributed by atoms with Crippen LogP contribution in [0.5, 0.6) is 0 Å². The zero-order chi connectivity index (χ0) is 13.1. The second-order valence-electron chi connectivity index (χ2n) is 3.61. The summed E-state index contributed by atoms with van der Waals surface area (Å²) in [4.78, 5) is 20.7. The first-order chi connectivity index (χ1) is 8.63. The van der Waals surface area contributed by atoms with E-state index in [4.69, 9.17) is 4.84 Å². The molecule has 0 bridgehead atoms. The van der Waals surface area contributed by atoms with Crippen LogP contribution in [0.3, 0.4) is 0 Å². The van der Waals surface area contributed by atoms with Gasteiger partial charge in [0, 0.05) is 12.7 Å². The molecule has 0 saturated carbocycles. The number of benzene rings is 1. The number of amides is 1. The molecule has 2 rings (SSSR count). The van der Waals surface area contributed by atoms with Crippen molar-refractivity contribution in [1.29, 1.82) is 0 Å². The fraction of sp³-hybridized carbons (Fsp3) is 0.167. The Morgan fingerprint density at radius 1 is 1.39 bits per heavy atom. The largest absolute Gasteiger partial charge is 0.295 e. The Bertz CT molecular complexity index is 551. The van der Waals surface area contributed by atoms with Gasteiger partial charge in [0.2, 0.25) is 0 Å². The van der Waals surface area contributed by atoms with Crippen molar-refractivity contribution in [3.05, 3.63) is 48.3 Å². The van der Waals surface area contributed by atoms with E-state index in [1.54, 1.807) is 16.7 Å². The third-order valence-corrected chi connectivity index (χ3v) is 2.52. The van der Waals surface area contributed by atoms with Crippen LogP contribution in [0.25, 0.3) is 5.69 Å². The number of hydrogen-bond acceptors (Lipinski definition) is 3. The number of carbonyl (C=O) groups excluding carboxylic acids is 1.